The number of fused-ring (bicyclic) bond motifs is 6. The molecule has 0 fully saturated rings. The van der Waals surface area contributed by atoms with Crippen LogP contribution in [0.1, 0.15) is 0 Å². The van der Waals surface area contributed by atoms with Gasteiger partial charge in [-0.05, 0) is 56.1 Å². The molecule has 2 heterocycles. The highest BCUT2D eigenvalue weighted by Gasteiger charge is 2.18. The number of rotatable bonds is 1. The van der Waals surface area contributed by atoms with E-state index >= 15 is 0 Å². The molecule has 0 unspecified atom stereocenters. The quantitative estimate of drug-likeness (QED) is 0.236. The standard InChI is InChI=1S/C20H11Br2N3O/c21-14-8-3-9-15(22)16(14)20-23-17-11-5-1-2-6-12(11)19-13(18(17)24-20)7-4-10-25(19)26/h1-10,26H. The van der Waals surface area contributed by atoms with E-state index in [1.807, 2.05) is 48.5 Å². The Balaban J connectivity index is 2.00. The second-order valence-electron chi connectivity index (χ2n) is 6.00. The molecule has 0 radical (unpaired) electrons. The Hall–Kier alpha value is -2.44. The van der Waals surface area contributed by atoms with Crippen molar-refractivity contribution in [3.8, 4) is 11.4 Å². The van der Waals surface area contributed by atoms with E-state index in [4.69, 9.17) is 9.97 Å². The molecular formula is C20H11Br2N3O. The summed E-state index contributed by atoms with van der Waals surface area (Å²) in [6.07, 6.45) is 1.63. The van der Waals surface area contributed by atoms with Crippen LogP contribution in [-0.2, 0) is 0 Å². The Bertz CT molecular complexity index is 1310. The zero-order valence-electron chi connectivity index (χ0n) is 13.3. The molecule has 26 heavy (non-hydrogen) atoms. The van der Waals surface area contributed by atoms with Crippen LogP contribution in [0.2, 0.25) is 0 Å². The third-order valence-corrected chi connectivity index (χ3v) is 5.83. The van der Waals surface area contributed by atoms with Gasteiger partial charge in [-0.15, -0.1) is 0 Å². The number of imidazole rings is 1. The van der Waals surface area contributed by atoms with Gasteiger partial charge in [0.2, 0.25) is 0 Å². The van der Waals surface area contributed by atoms with Crippen molar-refractivity contribution in [2.45, 2.75) is 0 Å². The third-order valence-electron chi connectivity index (χ3n) is 4.51. The Morgan fingerprint density at radius 3 is 2.08 bits per heavy atom. The fourth-order valence-electron chi connectivity index (χ4n) is 3.39. The van der Waals surface area contributed by atoms with Crippen molar-refractivity contribution in [1.29, 1.82) is 0 Å². The van der Waals surface area contributed by atoms with Gasteiger partial charge in [0.1, 0.15) is 5.52 Å². The van der Waals surface area contributed by atoms with Gasteiger partial charge in [-0.3, -0.25) is 0 Å². The molecule has 0 spiro atoms. The molecule has 4 nitrogen and oxygen atoms in total. The fourth-order valence-corrected chi connectivity index (χ4v) is 4.75. The summed E-state index contributed by atoms with van der Waals surface area (Å²) < 4.78 is 3.00. The van der Waals surface area contributed by atoms with Crippen LogP contribution in [0.5, 0.6) is 0 Å². The van der Waals surface area contributed by atoms with E-state index in [-0.39, 0.29) is 0 Å². The number of pyridine rings is 1. The lowest BCUT2D eigenvalue weighted by molar-refractivity contribution is 0.199. The normalized spacial score (nSPS) is 11.6. The summed E-state index contributed by atoms with van der Waals surface area (Å²) in [5.74, 6) is 0.644. The highest BCUT2D eigenvalue weighted by Crippen LogP contribution is 2.38. The number of halogens is 2. The van der Waals surface area contributed by atoms with Crippen LogP contribution >= 0.6 is 31.9 Å². The highest BCUT2D eigenvalue weighted by molar-refractivity contribution is 9.11. The van der Waals surface area contributed by atoms with E-state index in [1.165, 1.54) is 0 Å². The van der Waals surface area contributed by atoms with Gasteiger partial charge in [0.15, 0.2) is 5.82 Å². The van der Waals surface area contributed by atoms with Crippen molar-refractivity contribution in [2.75, 3.05) is 0 Å². The van der Waals surface area contributed by atoms with Gasteiger partial charge in [0.25, 0.3) is 0 Å². The van der Waals surface area contributed by atoms with Crippen LogP contribution in [0.3, 0.4) is 0 Å². The zero-order chi connectivity index (χ0) is 17.8. The first-order chi connectivity index (χ1) is 12.6. The number of hydrogen-bond donors (Lipinski definition) is 1. The predicted molar refractivity (Wildman–Crippen MR) is 111 cm³/mol. The Morgan fingerprint density at radius 2 is 1.35 bits per heavy atom. The molecule has 0 saturated carbocycles. The van der Waals surface area contributed by atoms with Crippen LogP contribution in [0.4, 0.5) is 0 Å². The molecule has 5 rings (SSSR count). The summed E-state index contributed by atoms with van der Waals surface area (Å²) in [6.45, 7) is 0. The van der Waals surface area contributed by atoms with Crippen molar-refractivity contribution < 1.29 is 5.21 Å². The molecular weight excluding hydrogens is 458 g/mol. The number of aromatic nitrogens is 3. The molecule has 0 bridgehead atoms. The highest BCUT2D eigenvalue weighted by atomic mass is 79.9. The molecule has 0 aliphatic rings. The average Bonchev–Trinajstić information content (AvgIpc) is 3.07. The SMILES string of the molecule is On1cccc2c3nc(-c4c(Br)cccc4Br)nc3c3ccccc3c21. The van der Waals surface area contributed by atoms with Gasteiger partial charge in [0, 0.05) is 36.9 Å². The maximum absolute atomic E-state index is 10.4. The summed E-state index contributed by atoms with van der Waals surface area (Å²) in [4.78, 5) is 9.68. The van der Waals surface area contributed by atoms with Gasteiger partial charge in [0.05, 0.1) is 11.0 Å². The minimum atomic E-state index is 0.644. The average molecular weight is 469 g/mol. The molecule has 3 aromatic carbocycles. The van der Waals surface area contributed by atoms with Crippen molar-refractivity contribution in [2.24, 2.45) is 0 Å². The minimum Gasteiger partial charge on any atom is -0.428 e. The number of hydrogen-bond acceptors (Lipinski definition) is 3. The van der Waals surface area contributed by atoms with E-state index in [0.29, 0.717) is 5.82 Å². The van der Waals surface area contributed by atoms with Crippen LogP contribution < -0.4 is 0 Å². The smallest absolute Gasteiger partial charge is 0.162 e. The van der Waals surface area contributed by atoms with Crippen LogP contribution in [0.15, 0.2) is 69.7 Å². The monoisotopic (exact) mass is 467 g/mol. The molecule has 6 heteroatoms. The van der Waals surface area contributed by atoms with E-state index in [2.05, 4.69) is 31.9 Å². The number of benzene rings is 3. The maximum atomic E-state index is 10.4. The first-order valence-electron chi connectivity index (χ1n) is 7.98. The lowest BCUT2D eigenvalue weighted by Gasteiger charge is -2.08. The summed E-state index contributed by atoms with van der Waals surface area (Å²) >= 11 is 7.20. The lowest BCUT2D eigenvalue weighted by Crippen LogP contribution is -1.95. The maximum Gasteiger partial charge on any atom is 0.162 e. The second-order valence-corrected chi connectivity index (χ2v) is 7.71. The molecule has 0 amide bonds. The molecule has 2 aromatic heterocycles. The van der Waals surface area contributed by atoms with Crippen molar-refractivity contribution in [3.63, 3.8) is 0 Å². The van der Waals surface area contributed by atoms with Crippen LogP contribution in [0, 0.1) is 0 Å². The van der Waals surface area contributed by atoms with E-state index in [0.717, 1.165) is 51.9 Å². The molecule has 1 N–H and O–H groups in total. The third kappa shape index (κ3) is 2.19. The van der Waals surface area contributed by atoms with Gasteiger partial charge in [-0.2, -0.15) is 4.73 Å². The van der Waals surface area contributed by atoms with E-state index in [1.54, 1.807) is 12.3 Å². The first kappa shape index (κ1) is 15.8. The minimum absolute atomic E-state index is 0.644. The van der Waals surface area contributed by atoms with Gasteiger partial charge in [-0.25, -0.2) is 9.97 Å². The van der Waals surface area contributed by atoms with Crippen LogP contribution in [-0.4, -0.2) is 19.9 Å². The summed E-state index contributed by atoms with van der Waals surface area (Å²) in [5.41, 5.74) is 3.25. The van der Waals surface area contributed by atoms with Gasteiger partial charge < -0.3 is 5.21 Å². The number of nitrogens with zero attached hydrogens (tertiary/aromatic N) is 3. The summed E-state index contributed by atoms with van der Waals surface area (Å²) in [6, 6.07) is 17.6. The Labute approximate surface area is 165 Å². The van der Waals surface area contributed by atoms with Gasteiger partial charge in [-0.1, -0.05) is 30.3 Å². The predicted octanol–water partition coefficient (Wildman–Crippen LogP) is 6.17. The second kappa shape index (κ2) is 5.79. The molecule has 5 aromatic rings. The Kier molecular flexibility index (Phi) is 3.52. The molecule has 0 atom stereocenters. The first-order valence-corrected chi connectivity index (χ1v) is 9.57. The summed E-state index contributed by atoms with van der Waals surface area (Å²) in [5, 5.41) is 13.2. The Morgan fingerprint density at radius 1 is 0.731 bits per heavy atom. The van der Waals surface area contributed by atoms with Crippen molar-refractivity contribution in [3.05, 3.63) is 69.7 Å². The van der Waals surface area contributed by atoms with E-state index in [9.17, 15) is 5.21 Å². The molecule has 0 aliphatic carbocycles. The fraction of sp³-hybridized carbons (Fsp3) is 0. The van der Waals surface area contributed by atoms with Crippen molar-refractivity contribution in [1.82, 2.24) is 14.7 Å². The molecule has 0 aliphatic heterocycles. The van der Waals surface area contributed by atoms with E-state index < -0.39 is 0 Å². The van der Waals surface area contributed by atoms with Crippen molar-refractivity contribution >= 4 is 64.6 Å². The lowest BCUT2D eigenvalue weighted by atomic mass is 10.0. The van der Waals surface area contributed by atoms with Gasteiger partial charge >= 0.3 is 0 Å². The largest absolute Gasteiger partial charge is 0.428 e. The molecule has 0 saturated heterocycles. The topological polar surface area (TPSA) is 50.9 Å². The van der Waals surface area contributed by atoms with Crippen LogP contribution in [0.25, 0.3) is 44.1 Å². The zero-order valence-corrected chi connectivity index (χ0v) is 16.5. The molecule has 126 valence electrons. The summed E-state index contributed by atoms with van der Waals surface area (Å²) in [7, 11) is 0.